The maximum absolute atomic E-state index is 12.2. The van der Waals surface area contributed by atoms with E-state index in [0.717, 1.165) is 0 Å². The largest absolute Gasteiger partial charge is 0.399 e. The number of rotatable bonds is 3. The predicted molar refractivity (Wildman–Crippen MR) is 75.6 cm³/mol. The minimum Gasteiger partial charge on any atom is -0.399 e. The molecule has 3 N–H and O–H groups in total. The van der Waals surface area contributed by atoms with E-state index in [0.29, 0.717) is 5.69 Å². The van der Waals surface area contributed by atoms with Gasteiger partial charge in [-0.25, -0.2) is 13.4 Å². The number of hydrogen-bond donors (Lipinski definition) is 2. The third-order valence-corrected chi connectivity index (χ3v) is 4.13. The van der Waals surface area contributed by atoms with Crippen LogP contribution in [0.4, 0.5) is 11.4 Å². The van der Waals surface area contributed by atoms with Crippen LogP contribution in [0.25, 0.3) is 0 Å². The van der Waals surface area contributed by atoms with Crippen LogP contribution in [0.3, 0.4) is 0 Å². The Kier molecular flexibility index (Phi) is 3.79. The van der Waals surface area contributed by atoms with Crippen molar-refractivity contribution >= 4 is 33.0 Å². The third-order valence-electron chi connectivity index (χ3n) is 2.40. The Morgan fingerprint density at radius 3 is 2.80 bits per heavy atom. The van der Waals surface area contributed by atoms with Crippen molar-refractivity contribution < 1.29 is 8.42 Å². The van der Waals surface area contributed by atoms with Gasteiger partial charge in [-0.15, -0.1) is 0 Å². The number of nitrogens with two attached hydrogens (primary N) is 1. The Morgan fingerprint density at radius 2 is 2.10 bits per heavy atom. The minimum atomic E-state index is -3.97. The molecule has 0 amide bonds. The van der Waals surface area contributed by atoms with E-state index in [4.69, 9.17) is 22.6 Å². The monoisotopic (exact) mass is 308 g/mol. The quantitative estimate of drug-likeness (QED) is 0.843. The normalized spacial score (nSPS) is 10.8. The van der Waals surface area contributed by atoms with E-state index in [2.05, 4.69) is 9.71 Å². The first-order valence-corrected chi connectivity index (χ1v) is 7.23. The molecule has 0 aliphatic carbocycles. The first kappa shape index (κ1) is 14.1. The molecule has 0 unspecified atom stereocenters. The van der Waals surface area contributed by atoms with Gasteiger partial charge >= 0.3 is 0 Å². The summed E-state index contributed by atoms with van der Waals surface area (Å²) in [5, 5.41) is 9.10. The number of halogens is 1. The molecule has 2 rings (SSSR count). The lowest BCUT2D eigenvalue weighted by atomic mass is 10.3. The molecular formula is C12H9ClN4O2S. The molecule has 102 valence electrons. The van der Waals surface area contributed by atoms with Crippen molar-refractivity contribution in [3.8, 4) is 6.07 Å². The van der Waals surface area contributed by atoms with Crippen molar-refractivity contribution in [2.24, 2.45) is 0 Å². The standard InChI is InChI=1S/C12H9ClN4O2S/c13-9-4-3-8(15)6-10(9)17-20(18,19)12-2-1-5-16-11(12)7-14/h1-6,17H,15H2. The van der Waals surface area contributed by atoms with Gasteiger partial charge in [0, 0.05) is 11.9 Å². The highest BCUT2D eigenvalue weighted by Crippen LogP contribution is 2.27. The zero-order chi connectivity index (χ0) is 14.8. The van der Waals surface area contributed by atoms with Gasteiger partial charge in [0.15, 0.2) is 5.69 Å². The molecule has 6 nitrogen and oxygen atoms in total. The molecule has 0 saturated carbocycles. The van der Waals surface area contributed by atoms with E-state index in [1.54, 1.807) is 12.1 Å². The van der Waals surface area contributed by atoms with Crippen LogP contribution in [0.2, 0.25) is 5.02 Å². The molecule has 20 heavy (non-hydrogen) atoms. The zero-order valence-electron chi connectivity index (χ0n) is 10.0. The highest BCUT2D eigenvalue weighted by Gasteiger charge is 2.20. The lowest BCUT2D eigenvalue weighted by Crippen LogP contribution is -2.15. The Hall–Kier alpha value is -2.30. The molecular weight excluding hydrogens is 300 g/mol. The van der Waals surface area contributed by atoms with E-state index in [-0.39, 0.29) is 21.3 Å². The summed E-state index contributed by atoms with van der Waals surface area (Å²) in [6.07, 6.45) is 1.34. The van der Waals surface area contributed by atoms with Crippen LogP contribution < -0.4 is 10.5 Å². The molecule has 0 bridgehead atoms. The Labute approximate surface area is 120 Å². The summed E-state index contributed by atoms with van der Waals surface area (Å²) in [6.45, 7) is 0. The summed E-state index contributed by atoms with van der Waals surface area (Å²) >= 11 is 5.90. The SMILES string of the molecule is N#Cc1ncccc1S(=O)(=O)Nc1cc(N)ccc1Cl. The van der Waals surface area contributed by atoms with E-state index in [1.807, 2.05) is 0 Å². The van der Waals surface area contributed by atoms with Gasteiger partial charge in [-0.2, -0.15) is 5.26 Å². The summed E-state index contributed by atoms with van der Waals surface area (Å²) in [5.74, 6) is 0. The molecule has 2 aromatic rings. The topological polar surface area (TPSA) is 109 Å². The fraction of sp³-hybridized carbons (Fsp3) is 0. The van der Waals surface area contributed by atoms with Crippen molar-refractivity contribution in [2.75, 3.05) is 10.5 Å². The van der Waals surface area contributed by atoms with Crippen molar-refractivity contribution in [3.63, 3.8) is 0 Å². The molecule has 1 aromatic heterocycles. The number of hydrogen-bond acceptors (Lipinski definition) is 5. The first-order chi connectivity index (χ1) is 9.44. The number of nitrogen functional groups attached to an aromatic ring is 1. The Bertz CT molecular complexity index is 799. The van der Waals surface area contributed by atoms with Crippen molar-refractivity contribution in [3.05, 3.63) is 47.2 Å². The lowest BCUT2D eigenvalue weighted by molar-refractivity contribution is 0.600. The lowest BCUT2D eigenvalue weighted by Gasteiger charge is -2.10. The predicted octanol–water partition coefficient (Wildman–Crippen LogP) is 1.99. The Morgan fingerprint density at radius 1 is 1.35 bits per heavy atom. The number of nitriles is 1. The molecule has 0 saturated heterocycles. The van der Waals surface area contributed by atoms with Gasteiger partial charge in [0.2, 0.25) is 0 Å². The number of pyridine rings is 1. The fourth-order valence-corrected chi connectivity index (χ4v) is 2.91. The maximum Gasteiger partial charge on any atom is 0.264 e. The summed E-state index contributed by atoms with van der Waals surface area (Å²) in [5.41, 5.74) is 5.89. The van der Waals surface area contributed by atoms with E-state index >= 15 is 0 Å². The Balaban J connectivity index is 2.47. The fourth-order valence-electron chi connectivity index (χ4n) is 1.51. The first-order valence-electron chi connectivity index (χ1n) is 5.37. The summed E-state index contributed by atoms with van der Waals surface area (Å²) in [7, 11) is -3.97. The van der Waals surface area contributed by atoms with E-state index in [9.17, 15) is 8.42 Å². The van der Waals surface area contributed by atoms with Crippen molar-refractivity contribution in [1.82, 2.24) is 4.98 Å². The second-order valence-corrected chi connectivity index (χ2v) is 5.86. The number of sulfonamides is 1. The highest BCUT2D eigenvalue weighted by molar-refractivity contribution is 7.92. The van der Waals surface area contributed by atoms with E-state index < -0.39 is 10.0 Å². The molecule has 0 aliphatic heterocycles. The van der Waals surface area contributed by atoms with Gasteiger partial charge in [-0.3, -0.25) is 4.72 Å². The van der Waals surface area contributed by atoms with Gasteiger partial charge < -0.3 is 5.73 Å². The van der Waals surface area contributed by atoms with Crippen LogP contribution in [0.15, 0.2) is 41.4 Å². The van der Waals surface area contributed by atoms with Gasteiger partial charge in [-0.05, 0) is 30.3 Å². The number of benzene rings is 1. The molecule has 0 spiro atoms. The van der Waals surface area contributed by atoms with Gasteiger partial charge in [-0.1, -0.05) is 11.6 Å². The van der Waals surface area contributed by atoms with E-state index in [1.165, 1.54) is 30.5 Å². The van der Waals surface area contributed by atoms with Crippen LogP contribution in [0.1, 0.15) is 5.69 Å². The minimum absolute atomic E-state index is 0.138. The van der Waals surface area contributed by atoms with Gasteiger partial charge in [0.1, 0.15) is 11.0 Å². The number of nitrogens with one attached hydrogen (secondary N) is 1. The molecule has 0 radical (unpaired) electrons. The van der Waals surface area contributed by atoms with Crippen LogP contribution in [0, 0.1) is 11.3 Å². The number of nitrogens with zero attached hydrogens (tertiary/aromatic N) is 2. The summed E-state index contributed by atoms with van der Waals surface area (Å²) < 4.78 is 26.8. The van der Waals surface area contributed by atoms with Crippen LogP contribution in [-0.2, 0) is 10.0 Å². The summed E-state index contributed by atoms with van der Waals surface area (Å²) in [6, 6.07) is 8.85. The average Bonchev–Trinajstić information content (AvgIpc) is 2.42. The smallest absolute Gasteiger partial charge is 0.264 e. The number of anilines is 2. The molecule has 1 aromatic carbocycles. The van der Waals surface area contributed by atoms with Crippen molar-refractivity contribution in [2.45, 2.75) is 4.90 Å². The zero-order valence-corrected chi connectivity index (χ0v) is 11.6. The summed E-state index contributed by atoms with van der Waals surface area (Å²) in [4.78, 5) is 3.49. The third kappa shape index (κ3) is 2.82. The van der Waals surface area contributed by atoms with Crippen LogP contribution >= 0.6 is 11.6 Å². The van der Waals surface area contributed by atoms with Crippen LogP contribution in [0.5, 0.6) is 0 Å². The van der Waals surface area contributed by atoms with Gasteiger partial charge in [0.25, 0.3) is 10.0 Å². The highest BCUT2D eigenvalue weighted by atomic mass is 35.5. The molecule has 0 fully saturated rings. The average molecular weight is 309 g/mol. The molecule has 1 heterocycles. The number of aromatic nitrogens is 1. The molecule has 0 aliphatic rings. The van der Waals surface area contributed by atoms with Gasteiger partial charge in [0.05, 0.1) is 10.7 Å². The second-order valence-electron chi connectivity index (χ2n) is 3.81. The maximum atomic E-state index is 12.2. The molecule has 8 heteroatoms. The van der Waals surface area contributed by atoms with Crippen LogP contribution in [-0.4, -0.2) is 13.4 Å². The second kappa shape index (κ2) is 5.36. The van der Waals surface area contributed by atoms with Crippen molar-refractivity contribution in [1.29, 1.82) is 5.26 Å². The molecule has 0 atom stereocenters.